The van der Waals surface area contributed by atoms with E-state index in [1.54, 1.807) is 0 Å². The van der Waals surface area contributed by atoms with Crippen LogP contribution in [0.1, 0.15) is 38.8 Å². The molecule has 2 unspecified atom stereocenters. The summed E-state index contributed by atoms with van der Waals surface area (Å²) in [6.07, 6.45) is 1.27. The van der Waals surface area contributed by atoms with Gasteiger partial charge in [0.25, 0.3) is 0 Å². The minimum atomic E-state index is 0.212. The summed E-state index contributed by atoms with van der Waals surface area (Å²) in [5.41, 5.74) is 2.60. The number of nitrogens with one attached hydrogen (secondary N) is 1. The van der Waals surface area contributed by atoms with E-state index in [0.717, 1.165) is 18.0 Å². The Balaban J connectivity index is 1.69. The van der Waals surface area contributed by atoms with E-state index in [2.05, 4.69) is 62.5 Å². The molecule has 0 bridgehead atoms. The molecule has 1 aromatic heterocycles. The molecule has 0 spiro atoms. The van der Waals surface area contributed by atoms with Crippen molar-refractivity contribution in [3.05, 3.63) is 42.1 Å². The molecule has 0 aliphatic heterocycles. The van der Waals surface area contributed by atoms with Crippen molar-refractivity contribution in [1.29, 1.82) is 0 Å². The predicted octanol–water partition coefficient (Wildman–Crippen LogP) is 3.73. The maximum absolute atomic E-state index is 4.80. The molecule has 0 saturated heterocycles. The molecule has 1 fully saturated rings. The molecule has 2 heteroatoms. The number of nitrogens with zero attached hydrogens (tertiary/aromatic N) is 1. The number of para-hydroxylation sites is 1. The second-order valence-corrected chi connectivity index (χ2v) is 6.66. The van der Waals surface area contributed by atoms with Crippen LogP contribution in [0.25, 0.3) is 10.9 Å². The average Bonchev–Trinajstić information content (AvgIpc) is 3.14. The molecular weight excluding hydrogens is 232 g/mol. The molecule has 1 aliphatic rings. The van der Waals surface area contributed by atoms with Crippen molar-refractivity contribution in [2.75, 3.05) is 6.54 Å². The van der Waals surface area contributed by atoms with E-state index in [0.29, 0.717) is 5.92 Å². The van der Waals surface area contributed by atoms with Crippen LogP contribution >= 0.6 is 0 Å². The molecule has 2 aromatic rings. The van der Waals surface area contributed by atoms with Crippen LogP contribution in [0.4, 0.5) is 0 Å². The summed E-state index contributed by atoms with van der Waals surface area (Å²) in [5, 5.41) is 4.83. The molecule has 0 radical (unpaired) electrons. The minimum absolute atomic E-state index is 0.212. The van der Waals surface area contributed by atoms with Crippen LogP contribution in [0, 0.1) is 5.92 Å². The van der Waals surface area contributed by atoms with Gasteiger partial charge < -0.3 is 5.32 Å². The zero-order chi connectivity index (χ0) is 13.5. The summed E-state index contributed by atoms with van der Waals surface area (Å²) in [5.74, 6) is 1.41. The van der Waals surface area contributed by atoms with Gasteiger partial charge in [0.05, 0.1) is 5.52 Å². The Kier molecular flexibility index (Phi) is 3.06. The fourth-order valence-corrected chi connectivity index (χ4v) is 2.56. The number of fused-ring (bicyclic) bond motifs is 1. The van der Waals surface area contributed by atoms with Crippen molar-refractivity contribution in [2.45, 2.75) is 38.6 Å². The third-order valence-corrected chi connectivity index (χ3v) is 3.82. The summed E-state index contributed by atoms with van der Waals surface area (Å²) in [4.78, 5) is 4.80. The van der Waals surface area contributed by atoms with E-state index in [1.807, 2.05) is 0 Å². The topological polar surface area (TPSA) is 24.9 Å². The zero-order valence-electron chi connectivity index (χ0n) is 12.0. The molecule has 2 nitrogen and oxygen atoms in total. The summed E-state index contributed by atoms with van der Waals surface area (Å²) in [6.45, 7) is 7.76. The molecule has 19 heavy (non-hydrogen) atoms. The van der Waals surface area contributed by atoms with E-state index in [-0.39, 0.29) is 5.54 Å². The largest absolute Gasteiger partial charge is 0.312 e. The van der Waals surface area contributed by atoms with E-state index in [4.69, 9.17) is 4.98 Å². The number of hydrogen-bond acceptors (Lipinski definition) is 2. The van der Waals surface area contributed by atoms with Crippen molar-refractivity contribution in [2.24, 2.45) is 5.92 Å². The van der Waals surface area contributed by atoms with Crippen molar-refractivity contribution < 1.29 is 0 Å². The van der Waals surface area contributed by atoms with Gasteiger partial charge in [-0.05, 0) is 51.8 Å². The zero-order valence-corrected chi connectivity index (χ0v) is 12.0. The van der Waals surface area contributed by atoms with E-state index < -0.39 is 0 Å². The van der Waals surface area contributed by atoms with E-state index in [1.165, 1.54) is 17.5 Å². The number of pyridine rings is 1. The molecule has 1 aliphatic carbocycles. The van der Waals surface area contributed by atoms with Crippen LogP contribution in [0.2, 0.25) is 0 Å². The Morgan fingerprint density at radius 3 is 2.74 bits per heavy atom. The van der Waals surface area contributed by atoms with Crippen molar-refractivity contribution in [1.82, 2.24) is 10.3 Å². The average molecular weight is 254 g/mol. The van der Waals surface area contributed by atoms with Crippen LogP contribution in [0.5, 0.6) is 0 Å². The molecular formula is C17H22N2. The first-order chi connectivity index (χ1) is 9.03. The Morgan fingerprint density at radius 2 is 1.95 bits per heavy atom. The first-order valence-electron chi connectivity index (χ1n) is 7.14. The third-order valence-electron chi connectivity index (χ3n) is 3.82. The summed E-state index contributed by atoms with van der Waals surface area (Å²) in [7, 11) is 0. The second-order valence-electron chi connectivity index (χ2n) is 6.66. The quantitative estimate of drug-likeness (QED) is 0.903. The lowest BCUT2D eigenvalue weighted by molar-refractivity contribution is 0.414. The van der Waals surface area contributed by atoms with Crippen LogP contribution in [-0.2, 0) is 0 Å². The number of aromatic nitrogens is 1. The SMILES string of the molecule is CC(C)(C)NCC1CC1c1ccc2ccccc2n1. The summed E-state index contributed by atoms with van der Waals surface area (Å²) < 4.78 is 0. The molecule has 1 saturated carbocycles. The minimum Gasteiger partial charge on any atom is -0.312 e. The second kappa shape index (κ2) is 4.61. The Morgan fingerprint density at radius 1 is 1.16 bits per heavy atom. The van der Waals surface area contributed by atoms with Gasteiger partial charge in [-0.2, -0.15) is 0 Å². The summed E-state index contributed by atoms with van der Waals surface area (Å²) in [6, 6.07) is 12.7. The fraction of sp³-hybridized carbons (Fsp3) is 0.471. The van der Waals surface area contributed by atoms with Crippen LogP contribution in [-0.4, -0.2) is 17.1 Å². The van der Waals surface area contributed by atoms with Gasteiger partial charge in [-0.3, -0.25) is 4.98 Å². The van der Waals surface area contributed by atoms with Crippen LogP contribution < -0.4 is 5.32 Å². The highest BCUT2D eigenvalue weighted by atomic mass is 15.0. The maximum Gasteiger partial charge on any atom is 0.0705 e. The van der Waals surface area contributed by atoms with Gasteiger partial charge in [0.1, 0.15) is 0 Å². The van der Waals surface area contributed by atoms with Crippen molar-refractivity contribution >= 4 is 10.9 Å². The van der Waals surface area contributed by atoms with Gasteiger partial charge in [-0.15, -0.1) is 0 Å². The van der Waals surface area contributed by atoms with Crippen LogP contribution in [0.3, 0.4) is 0 Å². The van der Waals surface area contributed by atoms with Gasteiger partial charge in [-0.1, -0.05) is 24.3 Å². The maximum atomic E-state index is 4.80. The lowest BCUT2D eigenvalue weighted by Crippen LogP contribution is -2.37. The monoisotopic (exact) mass is 254 g/mol. The summed E-state index contributed by atoms with van der Waals surface area (Å²) >= 11 is 0. The molecule has 0 amide bonds. The van der Waals surface area contributed by atoms with Gasteiger partial charge in [0.15, 0.2) is 0 Å². The standard InChI is InChI=1S/C17H22N2/c1-17(2,3)18-11-13-10-14(13)16-9-8-12-6-4-5-7-15(12)19-16/h4-9,13-14,18H,10-11H2,1-3H3. The highest BCUT2D eigenvalue weighted by Gasteiger charge is 2.39. The number of benzene rings is 1. The first kappa shape index (κ1) is 12.6. The van der Waals surface area contributed by atoms with Gasteiger partial charge in [-0.25, -0.2) is 0 Å². The number of hydrogen-bond donors (Lipinski definition) is 1. The van der Waals surface area contributed by atoms with Gasteiger partial charge in [0, 0.05) is 22.5 Å². The first-order valence-corrected chi connectivity index (χ1v) is 7.14. The molecule has 3 rings (SSSR count). The molecule has 100 valence electrons. The number of rotatable bonds is 3. The van der Waals surface area contributed by atoms with Gasteiger partial charge >= 0.3 is 0 Å². The van der Waals surface area contributed by atoms with E-state index in [9.17, 15) is 0 Å². The molecule has 2 atom stereocenters. The Hall–Kier alpha value is -1.41. The van der Waals surface area contributed by atoms with Crippen molar-refractivity contribution in [3.63, 3.8) is 0 Å². The predicted molar refractivity (Wildman–Crippen MR) is 80.3 cm³/mol. The molecule has 1 N–H and O–H groups in total. The Labute approximate surface area is 115 Å². The molecule has 1 aromatic carbocycles. The third kappa shape index (κ3) is 2.95. The van der Waals surface area contributed by atoms with Gasteiger partial charge in [0.2, 0.25) is 0 Å². The highest BCUT2D eigenvalue weighted by molar-refractivity contribution is 5.78. The fourth-order valence-electron chi connectivity index (χ4n) is 2.56. The van der Waals surface area contributed by atoms with E-state index >= 15 is 0 Å². The normalized spacial score (nSPS) is 22.7. The highest BCUT2D eigenvalue weighted by Crippen LogP contribution is 2.46. The Bertz CT molecular complexity index is 583. The van der Waals surface area contributed by atoms with Crippen LogP contribution in [0.15, 0.2) is 36.4 Å². The lowest BCUT2D eigenvalue weighted by atomic mass is 10.1. The smallest absolute Gasteiger partial charge is 0.0705 e. The lowest BCUT2D eigenvalue weighted by Gasteiger charge is -2.20. The van der Waals surface area contributed by atoms with Crippen molar-refractivity contribution in [3.8, 4) is 0 Å². The molecule has 1 heterocycles.